The molecule has 4 N–H and O–H groups in total. The van der Waals surface area contributed by atoms with Crippen molar-refractivity contribution in [2.75, 3.05) is 26.2 Å². The topological polar surface area (TPSA) is 93.5 Å². The van der Waals surface area contributed by atoms with Crippen LogP contribution in [0.1, 0.15) is 32.6 Å². The summed E-state index contributed by atoms with van der Waals surface area (Å²) in [7, 11) is 0. The highest BCUT2D eigenvalue weighted by Gasteiger charge is 1.98. The summed E-state index contributed by atoms with van der Waals surface area (Å²) in [4.78, 5) is 21.7. The second kappa shape index (κ2) is 11.2. The van der Waals surface area contributed by atoms with Crippen molar-refractivity contribution in [1.29, 1.82) is 0 Å². The molecule has 17 heavy (non-hydrogen) atoms. The lowest BCUT2D eigenvalue weighted by atomic mass is 10.2. The van der Waals surface area contributed by atoms with Crippen LogP contribution in [0.4, 0.5) is 4.79 Å². The average molecular weight is 245 g/mol. The van der Waals surface area contributed by atoms with Crippen molar-refractivity contribution >= 4 is 12.0 Å². The van der Waals surface area contributed by atoms with Gasteiger partial charge in [0.2, 0.25) is 5.91 Å². The zero-order valence-electron chi connectivity index (χ0n) is 10.5. The molecule has 6 heteroatoms. The van der Waals surface area contributed by atoms with Gasteiger partial charge in [-0.1, -0.05) is 12.8 Å². The van der Waals surface area contributed by atoms with Crippen molar-refractivity contribution in [1.82, 2.24) is 10.6 Å². The van der Waals surface area contributed by atoms with Crippen LogP contribution in [-0.4, -0.2) is 38.2 Å². The largest absolute Gasteiger partial charge is 0.450 e. The molecule has 0 aliphatic heterocycles. The SMILES string of the molecule is CCOC(=O)NCCCCCCNC(=O)CN. The fourth-order valence-corrected chi connectivity index (χ4v) is 1.28. The Morgan fingerprint density at radius 3 is 2.18 bits per heavy atom. The van der Waals surface area contributed by atoms with Crippen molar-refractivity contribution in [3.63, 3.8) is 0 Å². The van der Waals surface area contributed by atoms with Gasteiger partial charge >= 0.3 is 6.09 Å². The van der Waals surface area contributed by atoms with Crippen LogP contribution in [0, 0.1) is 0 Å². The number of nitrogens with one attached hydrogen (secondary N) is 2. The standard InChI is InChI=1S/C11H23N3O3/c1-2-17-11(16)14-8-6-4-3-5-7-13-10(15)9-12/h2-9,12H2,1H3,(H,13,15)(H,14,16). The minimum Gasteiger partial charge on any atom is -0.450 e. The Bertz CT molecular complexity index is 222. The lowest BCUT2D eigenvalue weighted by Crippen LogP contribution is -2.30. The van der Waals surface area contributed by atoms with Crippen LogP contribution in [0.15, 0.2) is 0 Å². The highest BCUT2D eigenvalue weighted by atomic mass is 16.5. The van der Waals surface area contributed by atoms with E-state index in [2.05, 4.69) is 10.6 Å². The predicted octanol–water partition coefficient (Wildman–Crippen LogP) is 0.368. The van der Waals surface area contributed by atoms with Gasteiger partial charge in [-0.25, -0.2) is 4.79 Å². The quantitative estimate of drug-likeness (QED) is 0.511. The summed E-state index contributed by atoms with van der Waals surface area (Å²) in [6.45, 7) is 3.51. The predicted molar refractivity (Wildman–Crippen MR) is 65.6 cm³/mol. The molecule has 100 valence electrons. The summed E-state index contributed by atoms with van der Waals surface area (Å²) in [5.41, 5.74) is 5.14. The number of unbranched alkanes of at least 4 members (excludes halogenated alkanes) is 3. The van der Waals surface area contributed by atoms with Gasteiger partial charge in [0.1, 0.15) is 0 Å². The van der Waals surface area contributed by atoms with Crippen LogP contribution in [0.2, 0.25) is 0 Å². The molecular weight excluding hydrogens is 222 g/mol. The fourth-order valence-electron chi connectivity index (χ4n) is 1.28. The van der Waals surface area contributed by atoms with Gasteiger partial charge in [-0.3, -0.25) is 4.79 Å². The highest BCUT2D eigenvalue weighted by molar-refractivity contribution is 5.77. The van der Waals surface area contributed by atoms with E-state index in [4.69, 9.17) is 10.5 Å². The van der Waals surface area contributed by atoms with Gasteiger partial charge in [0.15, 0.2) is 0 Å². The second-order valence-corrected chi connectivity index (χ2v) is 3.62. The molecule has 0 radical (unpaired) electrons. The van der Waals surface area contributed by atoms with Crippen LogP contribution >= 0.6 is 0 Å². The molecule has 0 atom stereocenters. The second-order valence-electron chi connectivity index (χ2n) is 3.62. The van der Waals surface area contributed by atoms with Crippen LogP contribution in [0.5, 0.6) is 0 Å². The molecule has 0 spiro atoms. The molecule has 0 saturated heterocycles. The van der Waals surface area contributed by atoms with Gasteiger partial charge in [-0.05, 0) is 19.8 Å². The number of nitrogens with two attached hydrogens (primary N) is 1. The number of rotatable bonds is 9. The molecular formula is C11H23N3O3. The average Bonchev–Trinajstić information content (AvgIpc) is 2.32. The van der Waals surface area contributed by atoms with E-state index in [0.29, 0.717) is 19.7 Å². The lowest BCUT2D eigenvalue weighted by Gasteiger charge is -2.05. The van der Waals surface area contributed by atoms with Gasteiger partial charge < -0.3 is 21.1 Å². The summed E-state index contributed by atoms with van der Waals surface area (Å²) in [6, 6.07) is 0. The maximum absolute atomic E-state index is 10.9. The van der Waals surface area contributed by atoms with E-state index in [-0.39, 0.29) is 18.5 Å². The molecule has 0 bridgehead atoms. The Hall–Kier alpha value is -1.30. The molecule has 0 aromatic carbocycles. The van der Waals surface area contributed by atoms with Crippen LogP contribution in [-0.2, 0) is 9.53 Å². The lowest BCUT2D eigenvalue weighted by molar-refractivity contribution is -0.119. The van der Waals surface area contributed by atoms with Gasteiger partial charge in [-0.15, -0.1) is 0 Å². The Labute approximate surface area is 102 Å². The molecule has 0 aliphatic carbocycles. The maximum atomic E-state index is 10.9. The molecule has 0 aromatic rings. The number of alkyl carbamates (subject to hydrolysis) is 1. The summed E-state index contributed by atoms with van der Waals surface area (Å²) >= 11 is 0. The first-order chi connectivity index (χ1) is 8.20. The molecule has 0 aliphatic rings. The van der Waals surface area contributed by atoms with Gasteiger partial charge in [-0.2, -0.15) is 0 Å². The van der Waals surface area contributed by atoms with E-state index in [1.807, 2.05) is 0 Å². The molecule has 2 amide bonds. The minimum absolute atomic E-state index is 0.0451. The number of hydrogen-bond donors (Lipinski definition) is 3. The zero-order chi connectivity index (χ0) is 12.9. The van der Waals surface area contributed by atoms with Crippen LogP contribution in [0.3, 0.4) is 0 Å². The van der Waals surface area contributed by atoms with E-state index in [0.717, 1.165) is 25.7 Å². The minimum atomic E-state index is -0.359. The summed E-state index contributed by atoms with van der Waals surface area (Å²) in [5, 5.41) is 5.36. The smallest absolute Gasteiger partial charge is 0.407 e. The monoisotopic (exact) mass is 245 g/mol. The first kappa shape index (κ1) is 15.7. The number of amides is 2. The third-order valence-electron chi connectivity index (χ3n) is 2.16. The Balaban J connectivity index is 3.13. The van der Waals surface area contributed by atoms with Gasteiger partial charge in [0.25, 0.3) is 0 Å². The normalized spacial score (nSPS) is 9.76. The van der Waals surface area contributed by atoms with E-state index in [1.165, 1.54) is 0 Å². The number of hydrogen-bond acceptors (Lipinski definition) is 4. The Morgan fingerprint density at radius 2 is 1.65 bits per heavy atom. The molecule has 0 aromatic heterocycles. The van der Waals surface area contributed by atoms with E-state index >= 15 is 0 Å². The van der Waals surface area contributed by atoms with Gasteiger partial charge in [0, 0.05) is 13.1 Å². The van der Waals surface area contributed by atoms with Crippen LogP contribution < -0.4 is 16.4 Å². The molecule has 0 saturated carbocycles. The first-order valence-corrected chi connectivity index (χ1v) is 6.08. The van der Waals surface area contributed by atoms with Crippen molar-refractivity contribution in [3.8, 4) is 0 Å². The van der Waals surface area contributed by atoms with E-state index in [1.54, 1.807) is 6.92 Å². The zero-order valence-corrected chi connectivity index (χ0v) is 10.5. The summed E-state index contributed by atoms with van der Waals surface area (Å²) in [5.74, 6) is -0.117. The number of carbonyl (C=O) groups is 2. The fraction of sp³-hybridized carbons (Fsp3) is 0.818. The maximum Gasteiger partial charge on any atom is 0.407 e. The van der Waals surface area contributed by atoms with Crippen molar-refractivity contribution in [3.05, 3.63) is 0 Å². The third kappa shape index (κ3) is 11.0. The highest BCUT2D eigenvalue weighted by Crippen LogP contribution is 1.97. The van der Waals surface area contributed by atoms with Crippen molar-refractivity contribution in [2.24, 2.45) is 5.73 Å². The summed E-state index contributed by atoms with van der Waals surface area (Å²) < 4.78 is 4.72. The van der Waals surface area contributed by atoms with Gasteiger partial charge in [0.05, 0.1) is 13.2 Å². The Morgan fingerprint density at radius 1 is 1.06 bits per heavy atom. The molecule has 0 unspecified atom stereocenters. The van der Waals surface area contributed by atoms with Crippen LogP contribution in [0.25, 0.3) is 0 Å². The molecule has 0 fully saturated rings. The number of carbonyl (C=O) groups excluding carboxylic acids is 2. The molecule has 0 rings (SSSR count). The van der Waals surface area contributed by atoms with E-state index in [9.17, 15) is 9.59 Å². The number of ether oxygens (including phenoxy) is 1. The first-order valence-electron chi connectivity index (χ1n) is 6.08. The van der Waals surface area contributed by atoms with E-state index < -0.39 is 0 Å². The summed E-state index contributed by atoms with van der Waals surface area (Å²) in [6.07, 6.45) is 3.54. The van der Waals surface area contributed by atoms with Crippen molar-refractivity contribution in [2.45, 2.75) is 32.6 Å². The van der Waals surface area contributed by atoms with Crippen molar-refractivity contribution < 1.29 is 14.3 Å². The molecule has 6 nitrogen and oxygen atoms in total. The molecule has 0 heterocycles. The third-order valence-corrected chi connectivity index (χ3v) is 2.16. The Kier molecular flexibility index (Phi) is 10.3.